The summed E-state index contributed by atoms with van der Waals surface area (Å²) in [6, 6.07) is 4.25. The molecule has 1 aromatic carbocycles. The van der Waals surface area contributed by atoms with Crippen molar-refractivity contribution < 1.29 is 29.6 Å². The van der Waals surface area contributed by atoms with Gasteiger partial charge in [0.1, 0.15) is 5.75 Å². The van der Waals surface area contributed by atoms with E-state index in [4.69, 9.17) is 29.6 Å². The quantitative estimate of drug-likeness (QED) is 0.418. The zero-order valence-electron chi connectivity index (χ0n) is 14.5. The van der Waals surface area contributed by atoms with Gasteiger partial charge in [-0.25, -0.2) is 9.59 Å². The number of nitrogens with one attached hydrogen (secondary N) is 1. The smallest absolute Gasteiger partial charge is 0.414 e. The van der Waals surface area contributed by atoms with Crippen LogP contribution in [-0.2, 0) is 9.59 Å². The number of rotatable bonds is 8. The molecule has 0 aliphatic heterocycles. The Labute approximate surface area is 142 Å². The van der Waals surface area contributed by atoms with Crippen LogP contribution in [0.2, 0.25) is 0 Å². The van der Waals surface area contributed by atoms with Gasteiger partial charge in [0.15, 0.2) is 0 Å². The fourth-order valence-corrected chi connectivity index (χ4v) is 1.88. The van der Waals surface area contributed by atoms with Crippen molar-refractivity contribution in [2.24, 2.45) is 0 Å². The Morgan fingerprint density at radius 1 is 1.00 bits per heavy atom. The number of aliphatic hydroxyl groups is 1. The van der Waals surface area contributed by atoms with Gasteiger partial charge in [0, 0.05) is 6.54 Å². The van der Waals surface area contributed by atoms with E-state index in [9.17, 15) is 0 Å². The first kappa shape index (κ1) is 21.9. The molecule has 0 saturated carbocycles. The van der Waals surface area contributed by atoms with Crippen LogP contribution in [0.3, 0.4) is 0 Å². The summed E-state index contributed by atoms with van der Waals surface area (Å²) >= 11 is 0. The lowest BCUT2D eigenvalue weighted by atomic mass is 10.1. The van der Waals surface area contributed by atoms with Gasteiger partial charge in [-0.3, -0.25) is 0 Å². The lowest BCUT2D eigenvalue weighted by Gasteiger charge is -2.13. The van der Waals surface area contributed by atoms with Crippen LogP contribution in [0.4, 0.5) is 0 Å². The average molecular weight is 341 g/mol. The molecule has 136 valence electrons. The first-order valence-corrected chi connectivity index (χ1v) is 7.78. The van der Waals surface area contributed by atoms with Gasteiger partial charge in [0.25, 0.3) is 0 Å². The van der Waals surface area contributed by atoms with E-state index in [1.54, 1.807) is 0 Å². The van der Waals surface area contributed by atoms with Crippen LogP contribution in [-0.4, -0.2) is 53.6 Å². The zero-order valence-corrected chi connectivity index (χ0v) is 14.5. The maximum atomic E-state index is 9.10. The third kappa shape index (κ3) is 9.12. The number of carbonyl (C=O) groups is 2. The highest BCUT2D eigenvalue weighted by Gasteiger charge is 2.05. The summed E-state index contributed by atoms with van der Waals surface area (Å²) in [6.45, 7) is 8.89. The second kappa shape index (κ2) is 12.3. The summed E-state index contributed by atoms with van der Waals surface area (Å²) in [5.74, 6) is -2.61. The van der Waals surface area contributed by atoms with Crippen LogP contribution in [0.25, 0.3) is 0 Å². The number of carboxylic acid groups (broad SMARTS) is 2. The molecule has 0 heterocycles. The molecule has 0 unspecified atom stereocenters. The molecular formula is C17H27NO6. The highest BCUT2D eigenvalue weighted by Crippen LogP contribution is 2.25. The molecule has 4 N–H and O–H groups in total. The van der Waals surface area contributed by atoms with Crippen molar-refractivity contribution in [3.05, 3.63) is 28.8 Å². The van der Waals surface area contributed by atoms with E-state index in [1.807, 2.05) is 0 Å². The molecule has 0 atom stereocenters. The molecule has 0 saturated heterocycles. The van der Waals surface area contributed by atoms with Gasteiger partial charge in [-0.05, 0) is 56.8 Å². The minimum absolute atomic E-state index is 0.207. The van der Waals surface area contributed by atoms with E-state index < -0.39 is 11.9 Å². The monoisotopic (exact) mass is 341 g/mol. The van der Waals surface area contributed by atoms with Crippen molar-refractivity contribution in [1.82, 2.24) is 5.32 Å². The second-order valence-electron chi connectivity index (χ2n) is 5.29. The SMILES string of the molecule is Cc1ccc(C)c(OCCCCNCCO)c1C.O=C(O)C(=O)O. The standard InChI is InChI=1S/C15H25NO2.C2H2O4/c1-12-6-7-13(2)15(14(12)3)18-11-5-4-8-16-9-10-17;3-1(4)2(5)6/h6-7,16-17H,4-5,8-11H2,1-3H3;(H,3,4)(H,5,6). The normalized spacial score (nSPS) is 9.83. The Bertz CT molecular complexity index is 518. The molecule has 1 rings (SSSR count). The molecule has 0 aliphatic rings. The largest absolute Gasteiger partial charge is 0.493 e. The number of hydrogen-bond donors (Lipinski definition) is 4. The number of aliphatic carboxylic acids is 2. The number of benzene rings is 1. The first-order valence-electron chi connectivity index (χ1n) is 7.78. The van der Waals surface area contributed by atoms with Crippen LogP contribution in [0.15, 0.2) is 12.1 Å². The van der Waals surface area contributed by atoms with E-state index >= 15 is 0 Å². The topological polar surface area (TPSA) is 116 Å². The molecule has 0 fully saturated rings. The van der Waals surface area contributed by atoms with Crippen molar-refractivity contribution in [3.8, 4) is 5.75 Å². The van der Waals surface area contributed by atoms with Gasteiger partial charge in [0.05, 0.1) is 13.2 Å². The third-order valence-corrected chi connectivity index (χ3v) is 3.34. The van der Waals surface area contributed by atoms with Crippen LogP contribution in [0.1, 0.15) is 29.5 Å². The number of aryl methyl sites for hydroxylation is 2. The maximum absolute atomic E-state index is 9.10. The minimum Gasteiger partial charge on any atom is -0.493 e. The van der Waals surface area contributed by atoms with E-state index in [0.29, 0.717) is 6.54 Å². The van der Waals surface area contributed by atoms with Crippen LogP contribution >= 0.6 is 0 Å². The van der Waals surface area contributed by atoms with Gasteiger partial charge >= 0.3 is 11.9 Å². The zero-order chi connectivity index (χ0) is 18.5. The molecule has 0 aliphatic carbocycles. The van der Waals surface area contributed by atoms with Gasteiger partial charge < -0.3 is 25.4 Å². The fourth-order valence-electron chi connectivity index (χ4n) is 1.88. The van der Waals surface area contributed by atoms with Crippen molar-refractivity contribution >= 4 is 11.9 Å². The Balaban J connectivity index is 0.000000754. The Morgan fingerprint density at radius 2 is 1.58 bits per heavy atom. The van der Waals surface area contributed by atoms with Crippen LogP contribution < -0.4 is 10.1 Å². The summed E-state index contributed by atoms with van der Waals surface area (Å²) < 4.78 is 5.88. The molecule has 0 aromatic heterocycles. The molecule has 7 nitrogen and oxygen atoms in total. The second-order valence-corrected chi connectivity index (χ2v) is 5.29. The van der Waals surface area contributed by atoms with Crippen LogP contribution in [0, 0.1) is 20.8 Å². The minimum atomic E-state index is -1.82. The highest BCUT2D eigenvalue weighted by atomic mass is 16.5. The van der Waals surface area contributed by atoms with Gasteiger partial charge in [0.2, 0.25) is 0 Å². The van der Waals surface area contributed by atoms with E-state index in [-0.39, 0.29) is 6.61 Å². The molecule has 1 aromatic rings. The molecular weight excluding hydrogens is 314 g/mol. The van der Waals surface area contributed by atoms with E-state index in [1.165, 1.54) is 16.7 Å². The Hall–Kier alpha value is -2.12. The van der Waals surface area contributed by atoms with E-state index in [2.05, 4.69) is 38.2 Å². The predicted molar refractivity (Wildman–Crippen MR) is 90.6 cm³/mol. The lowest BCUT2D eigenvalue weighted by molar-refractivity contribution is -0.159. The summed E-state index contributed by atoms with van der Waals surface area (Å²) in [4.78, 5) is 18.2. The summed E-state index contributed by atoms with van der Waals surface area (Å²) in [7, 11) is 0. The Kier molecular flexibility index (Phi) is 11.2. The third-order valence-electron chi connectivity index (χ3n) is 3.34. The molecule has 7 heteroatoms. The highest BCUT2D eigenvalue weighted by molar-refractivity contribution is 6.27. The average Bonchev–Trinajstić information content (AvgIpc) is 2.53. The number of unbranched alkanes of at least 4 members (excludes halogenated alkanes) is 1. The summed E-state index contributed by atoms with van der Waals surface area (Å²) in [5, 5.41) is 26.6. The number of ether oxygens (including phenoxy) is 1. The van der Waals surface area contributed by atoms with Crippen molar-refractivity contribution in [3.63, 3.8) is 0 Å². The maximum Gasteiger partial charge on any atom is 0.414 e. The summed E-state index contributed by atoms with van der Waals surface area (Å²) in [5.41, 5.74) is 3.73. The van der Waals surface area contributed by atoms with Gasteiger partial charge in [-0.15, -0.1) is 0 Å². The predicted octanol–water partition coefficient (Wildman–Crippen LogP) is 1.51. The fraction of sp³-hybridized carbons (Fsp3) is 0.529. The van der Waals surface area contributed by atoms with E-state index in [0.717, 1.165) is 31.7 Å². The van der Waals surface area contributed by atoms with Crippen LogP contribution in [0.5, 0.6) is 5.75 Å². The Morgan fingerprint density at radius 3 is 2.12 bits per heavy atom. The van der Waals surface area contributed by atoms with Crippen molar-refractivity contribution in [1.29, 1.82) is 0 Å². The number of hydrogen-bond acceptors (Lipinski definition) is 5. The van der Waals surface area contributed by atoms with Gasteiger partial charge in [-0.2, -0.15) is 0 Å². The number of carboxylic acids is 2. The van der Waals surface area contributed by atoms with Crippen molar-refractivity contribution in [2.75, 3.05) is 26.3 Å². The number of aliphatic hydroxyl groups excluding tert-OH is 1. The molecule has 0 spiro atoms. The molecule has 0 radical (unpaired) electrons. The summed E-state index contributed by atoms with van der Waals surface area (Å²) in [6.07, 6.45) is 2.11. The van der Waals surface area contributed by atoms with Crippen molar-refractivity contribution in [2.45, 2.75) is 33.6 Å². The molecule has 0 amide bonds. The van der Waals surface area contributed by atoms with Gasteiger partial charge in [-0.1, -0.05) is 12.1 Å². The molecule has 0 bridgehead atoms. The first-order chi connectivity index (χ1) is 11.3. The lowest BCUT2D eigenvalue weighted by Crippen LogP contribution is -2.19. The molecule has 24 heavy (non-hydrogen) atoms.